The maximum absolute atomic E-state index is 5.84. The second kappa shape index (κ2) is 6.46. The first-order valence-corrected chi connectivity index (χ1v) is 7.57. The molecule has 0 aliphatic carbocycles. The maximum atomic E-state index is 5.84. The van der Waals surface area contributed by atoms with Gasteiger partial charge >= 0.3 is 0 Å². The van der Waals surface area contributed by atoms with E-state index < -0.39 is 0 Å². The molecule has 1 saturated heterocycles. The van der Waals surface area contributed by atoms with Gasteiger partial charge in [-0.05, 0) is 25.8 Å². The Hall–Kier alpha value is -1.26. The van der Waals surface area contributed by atoms with Crippen LogP contribution in [-0.4, -0.2) is 32.0 Å². The standard InChI is InChI=1S/C16H23NO3/c1-12(14-7-3-8-18-14)17-11-13-5-2-6-15-16(13)20-10-4-9-19-15/h2,5-6,12,14,17H,3-4,7-11H2,1H3. The van der Waals surface area contributed by atoms with Crippen LogP contribution in [0.3, 0.4) is 0 Å². The Morgan fingerprint density at radius 3 is 2.95 bits per heavy atom. The molecule has 1 fully saturated rings. The van der Waals surface area contributed by atoms with Crippen LogP contribution in [0.25, 0.3) is 0 Å². The van der Waals surface area contributed by atoms with Crippen molar-refractivity contribution in [1.82, 2.24) is 5.32 Å². The Labute approximate surface area is 120 Å². The van der Waals surface area contributed by atoms with E-state index in [1.54, 1.807) is 0 Å². The third kappa shape index (κ3) is 3.07. The molecule has 0 bridgehead atoms. The Kier molecular flexibility index (Phi) is 4.43. The van der Waals surface area contributed by atoms with Crippen LogP contribution in [0.15, 0.2) is 18.2 Å². The van der Waals surface area contributed by atoms with Crippen LogP contribution in [-0.2, 0) is 11.3 Å². The van der Waals surface area contributed by atoms with E-state index >= 15 is 0 Å². The van der Waals surface area contributed by atoms with Gasteiger partial charge in [-0.25, -0.2) is 0 Å². The summed E-state index contributed by atoms with van der Waals surface area (Å²) < 4.78 is 17.3. The largest absolute Gasteiger partial charge is 0.490 e. The molecule has 2 heterocycles. The van der Waals surface area contributed by atoms with E-state index in [2.05, 4.69) is 18.3 Å². The van der Waals surface area contributed by atoms with Gasteiger partial charge in [-0.15, -0.1) is 0 Å². The van der Waals surface area contributed by atoms with Crippen molar-refractivity contribution in [2.24, 2.45) is 0 Å². The highest BCUT2D eigenvalue weighted by atomic mass is 16.5. The molecule has 20 heavy (non-hydrogen) atoms. The van der Waals surface area contributed by atoms with E-state index in [0.29, 0.717) is 12.1 Å². The van der Waals surface area contributed by atoms with Crippen molar-refractivity contribution < 1.29 is 14.2 Å². The number of hydrogen-bond acceptors (Lipinski definition) is 4. The van der Waals surface area contributed by atoms with Gasteiger partial charge in [0.05, 0.1) is 19.3 Å². The molecular weight excluding hydrogens is 254 g/mol. The van der Waals surface area contributed by atoms with Gasteiger partial charge in [-0.1, -0.05) is 12.1 Å². The van der Waals surface area contributed by atoms with Gasteiger partial charge in [0.25, 0.3) is 0 Å². The highest BCUT2D eigenvalue weighted by Gasteiger charge is 2.22. The summed E-state index contributed by atoms with van der Waals surface area (Å²) in [4.78, 5) is 0. The van der Waals surface area contributed by atoms with Crippen molar-refractivity contribution >= 4 is 0 Å². The Bertz CT molecular complexity index is 443. The zero-order chi connectivity index (χ0) is 13.8. The Morgan fingerprint density at radius 1 is 1.20 bits per heavy atom. The van der Waals surface area contributed by atoms with E-state index in [0.717, 1.165) is 56.3 Å². The van der Waals surface area contributed by atoms with Crippen molar-refractivity contribution in [3.63, 3.8) is 0 Å². The van der Waals surface area contributed by atoms with Gasteiger partial charge in [0.2, 0.25) is 0 Å². The van der Waals surface area contributed by atoms with Crippen molar-refractivity contribution in [3.8, 4) is 11.5 Å². The van der Waals surface area contributed by atoms with Crippen molar-refractivity contribution in [1.29, 1.82) is 0 Å². The van der Waals surface area contributed by atoms with Crippen LogP contribution in [0.4, 0.5) is 0 Å². The van der Waals surface area contributed by atoms with Gasteiger partial charge in [0.15, 0.2) is 11.5 Å². The molecule has 0 aromatic heterocycles. The molecule has 2 atom stereocenters. The van der Waals surface area contributed by atoms with Gasteiger partial charge in [-0.3, -0.25) is 0 Å². The third-order valence-electron chi connectivity index (χ3n) is 3.99. The number of benzene rings is 1. The number of para-hydroxylation sites is 1. The highest BCUT2D eigenvalue weighted by molar-refractivity contribution is 5.47. The van der Waals surface area contributed by atoms with Crippen LogP contribution in [0.2, 0.25) is 0 Å². The van der Waals surface area contributed by atoms with E-state index in [-0.39, 0.29) is 0 Å². The van der Waals surface area contributed by atoms with E-state index in [9.17, 15) is 0 Å². The quantitative estimate of drug-likeness (QED) is 0.918. The molecule has 0 saturated carbocycles. The first-order valence-electron chi connectivity index (χ1n) is 7.57. The van der Waals surface area contributed by atoms with Gasteiger partial charge in [0, 0.05) is 31.2 Å². The minimum atomic E-state index is 0.342. The topological polar surface area (TPSA) is 39.7 Å². The fourth-order valence-corrected chi connectivity index (χ4v) is 2.79. The summed E-state index contributed by atoms with van der Waals surface area (Å²) in [6.07, 6.45) is 3.61. The molecule has 4 nitrogen and oxygen atoms in total. The molecule has 1 aromatic rings. The Balaban J connectivity index is 1.65. The fraction of sp³-hybridized carbons (Fsp3) is 0.625. The maximum Gasteiger partial charge on any atom is 0.165 e. The SMILES string of the molecule is CC(NCc1cccc2c1OCCCO2)C1CCCO1. The second-order valence-corrected chi connectivity index (χ2v) is 5.52. The average Bonchev–Trinajstić information content (AvgIpc) is 2.90. The van der Waals surface area contributed by atoms with Crippen molar-refractivity contribution in [2.45, 2.75) is 44.9 Å². The molecule has 1 aromatic carbocycles. The zero-order valence-electron chi connectivity index (χ0n) is 12.1. The predicted molar refractivity (Wildman–Crippen MR) is 77.3 cm³/mol. The number of ether oxygens (including phenoxy) is 3. The molecule has 110 valence electrons. The summed E-state index contributed by atoms with van der Waals surface area (Å²) in [6, 6.07) is 6.47. The van der Waals surface area contributed by atoms with E-state index in [4.69, 9.17) is 14.2 Å². The minimum absolute atomic E-state index is 0.342. The lowest BCUT2D eigenvalue weighted by Gasteiger charge is -2.21. The normalized spacial score (nSPS) is 23.4. The molecule has 2 aliphatic rings. The van der Waals surface area contributed by atoms with Crippen molar-refractivity contribution in [2.75, 3.05) is 19.8 Å². The molecule has 2 unspecified atom stereocenters. The average molecular weight is 277 g/mol. The Morgan fingerprint density at radius 2 is 2.10 bits per heavy atom. The number of hydrogen-bond donors (Lipinski definition) is 1. The smallest absolute Gasteiger partial charge is 0.165 e. The molecule has 2 aliphatic heterocycles. The lowest BCUT2D eigenvalue weighted by atomic mass is 10.1. The monoisotopic (exact) mass is 277 g/mol. The molecule has 0 spiro atoms. The third-order valence-corrected chi connectivity index (χ3v) is 3.99. The molecule has 0 amide bonds. The van der Waals surface area contributed by atoms with E-state index in [1.807, 2.05) is 12.1 Å². The lowest BCUT2D eigenvalue weighted by Crippen LogP contribution is -2.36. The van der Waals surface area contributed by atoms with Gasteiger partial charge in [0.1, 0.15) is 0 Å². The first-order chi connectivity index (χ1) is 9.84. The summed E-state index contributed by atoms with van der Waals surface area (Å²) in [5.41, 5.74) is 1.16. The molecule has 0 radical (unpaired) electrons. The summed E-state index contributed by atoms with van der Waals surface area (Å²) in [5, 5.41) is 3.55. The highest BCUT2D eigenvalue weighted by Crippen LogP contribution is 2.33. The lowest BCUT2D eigenvalue weighted by molar-refractivity contribution is 0.0831. The summed E-state index contributed by atoms with van der Waals surface area (Å²) in [5.74, 6) is 1.77. The van der Waals surface area contributed by atoms with Gasteiger partial charge < -0.3 is 19.5 Å². The summed E-state index contributed by atoms with van der Waals surface area (Å²) in [6.45, 7) is 5.33. The zero-order valence-corrected chi connectivity index (χ0v) is 12.1. The molecule has 1 N–H and O–H groups in total. The van der Waals surface area contributed by atoms with E-state index in [1.165, 1.54) is 6.42 Å². The molecular formula is C16H23NO3. The molecule has 3 rings (SSSR count). The number of nitrogens with one attached hydrogen (secondary N) is 1. The first kappa shape index (κ1) is 13.7. The van der Waals surface area contributed by atoms with Crippen LogP contribution in [0.1, 0.15) is 31.7 Å². The molecule has 4 heteroatoms. The van der Waals surface area contributed by atoms with Gasteiger partial charge in [-0.2, -0.15) is 0 Å². The fourth-order valence-electron chi connectivity index (χ4n) is 2.79. The minimum Gasteiger partial charge on any atom is -0.490 e. The number of rotatable bonds is 4. The second-order valence-electron chi connectivity index (χ2n) is 5.52. The van der Waals surface area contributed by atoms with Crippen LogP contribution >= 0.6 is 0 Å². The van der Waals surface area contributed by atoms with Crippen molar-refractivity contribution in [3.05, 3.63) is 23.8 Å². The van der Waals surface area contributed by atoms with Crippen LogP contribution in [0.5, 0.6) is 11.5 Å². The number of fused-ring (bicyclic) bond motifs is 1. The summed E-state index contributed by atoms with van der Waals surface area (Å²) >= 11 is 0. The van der Waals surface area contributed by atoms with Crippen LogP contribution < -0.4 is 14.8 Å². The van der Waals surface area contributed by atoms with Crippen LogP contribution in [0, 0.1) is 0 Å². The summed E-state index contributed by atoms with van der Waals surface area (Å²) in [7, 11) is 0. The predicted octanol–water partition coefficient (Wildman–Crippen LogP) is 2.51.